The van der Waals surface area contributed by atoms with Crippen LogP contribution in [-0.2, 0) is 0 Å². The van der Waals surface area contributed by atoms with Crippen LogP contribution < -0.4 is 0 Å². The number of alkyl halides is 1. The van der Waals surface area contributed by atoms with Crippen LogP contribution in [0.25, 0.3) is 0 Å². The Morgan fingerprint density at radius 2 is 2.00 bits per heavy atom. The van der Waals surface area contributed by atoms with Crippen LogP contribution in [0.5, 0.6) is 0 Å². The molecule has 0 aromatic rings. The summed E-state index contributed by atoms with van der Waals surface area (Å²) in [7, 11) is 0. The molecule has 0 amide bonds. The summed E-state index contributed by atoms with van der Waals surface area (Å²) in [6, 6.07) is 0. The lowest BCUT2D eigenvalue weighted by atomic mass is 9.80. The molecule has 0 aromatic carbocycles. The number of aliphatic hydroxyl groups is 2. The first-order valence-corrected chi connectivity index (χ1v) is 6.95. The van der Waals surface area contributed by atoms with E-state index >= 15 is 0 Å². The first-order chi connectivity index (χ1) is 7.19. The van der Waals surface area contributed by atoms with E-state index < -0.39 is 0 Å². The minimum atomic E-state index is -0.255. The van der Waals surface area contributed by atoms with Crippen LogP contribution in [0.4, 0.5) is 0 Å². The van der Waals surface area contributed by atoms with Crippen molar-refractivity contribution in [3.05, 3.63) is 0 Å². The van der Waals surface area contributed by atoms with Gasteiger partial charge in [-0.3, -0.25) is 0 Å². The molecule has 0 radical (unpaired) electrons. The smallest absolute Gasteiger partial charge is 0.0763 e. The highest BCUT2D eigenvalue weighted by atomic mass is 79.9. The molecule has 4 unspecified atom stereocenters. The zero-order chi connectivity index (χ0) is 10.8. The van der Waals surface area contributed by atoms with Gasteiger partial charge in [0.25, 0.3) is 0 Å². The molecule has 3 nitrogen and oxygen atoms in total. The lowest BCUT2D eigenvalue weighted by Crippen LogP contribution is -2.31. The Hall–Kier alpha value is 0.360. The second-order valence-electron chi connectivity index (χ2n) is 5.01. The van der Waals surface area contributed by atoms with Crippen LogP contribution in [0.15, 0.2) is 0 Å². The van der Waals surface area contributed by atoms with E-state index in [1.54, 1.807) is 0 Å². The van der Waals surface area contributed by atoms with Crippen LogP contribution in [0.1, 0.15) is 19.3 Å². The van der Waals surface area contributed by atoms with Gasteiger partial charge in [-0.15, -0.1) is 0 Å². The largest absolute Gasteiger partial charge is 0.393 e. The van der Waals surface area contributed by atoms with Crippen LogP contribution >= 0.6 is 15.9 Å². The molecule has 1 saturated carbocycles. The number of hydrogen-bond donors (Lipinski definition) is 2. The molecule has 1 aliphatic heterocycles. The summed E-state index contributed by atoms with van der Waals surface area (Å²) >= 11 is 3.29. The van der Waals surface area contributed by atoms with Crippen LogP contribution in [0.2, 0.25) is 0 Å². The third-order valence-corrected chi connectivity index (χ3v) is 4.49. The van der Waals surface area contributed by atoms with Crippen molar-refractivity contribution in [3.63, 3.8) is 0 Å². The number of halogens is 1. The summed E-state index contributed by atoms with van der Waals surface area (Å²) in [4.78, 5) is 2.35. The Kier molecular flexibility index (Phi) is 4.04. The lowest BCUT2D eigenvalue weighted by Gasteiger charge is -2.27. The molecule has 1 aliphatic carbocycles. The van der Waals surface area contributed by atoms with Crippen molar-refractivity contribution in [2.45, 2.75) is 31.5 Å². The number of aliphatic hydroxyl groups excluding tert-OH is 2. The molecule has 4 heteroatoms. The minimum absolute atomic E-state index is 0.0766. The maximum Gasteiger partial charge on any atom is 0.0763 e. The summed E-state index contributed by atoms with van der Waals surface area (Å²) < 4.78 is 0. The second kappa shape index (κ2) is 5.13. The second-order valence-corrected chi connectivity index (χ2v) is 5.66. The molecule has 2 aliphatic rings. The number of likely N-dealkylation sites (tertiary alicyclic amines) is 1. The quantitative estimate of drug-likeness (QED) is 0.752. The lowest BCUT2D eigenvalue weighted by molar-refractivity contribution is 0.0864. The zero-order valence-corrected chi connectivity index (χ0v) is 10.6. The van der Waals surface area contributed by atoms with Gasteiger partial charge < -0.3 is 15.1 Å². The van der Waals surface area contributed by atoms with E-state index in [9.17, 15) is 10.2 Å². The third kappa shape index (κ3) is 2.93. The van der Waals surface area contributed by atoms with E-state index in [0.29, 0.717) is 11.2 Å². The van der Waals surface area contributed by atoms with Gasteiger partial charge in [0.15, 0.2) is 0 Å². The Labute approximate surface area is 99.6 Å². The average Bonchev–Trinajstić information content (AvgIpc) is 2.59. The highest BCUT2D eigenvalue weighted by molar-refractivity contribution is 9.09. The molecule has 2 N–H and O–H groups in total. The molecule has 0 aromatic heterocycles. The molecule has 2 fully saturated rings. The van der Waals surface area contributed by atoms with Crippen molar-refractivity contribution in [2.75, 3.05) is 25.0 Å². The monoisotopic (exact) mass is 277 g/mol. The van der Waals surface area contributed by atoms with E-state index in [1.165, 1.54) is 0 Å². The van der Waals surface area contributed by atoms with Crippen LogP contribution in [0, 0.1) is 11.8 Å². The topological polar surface area (TPSA) is 43.7 Å². The Balaban J connectivity index is 1.82. The van der Waals surface area contributed by atoms with Crippen LogP contribution in [0.3, 0.4) is 0 Å². The molecule has 2 rings (SSSR count). The van der Waals surface area contributed by atoms with E-state index in [4.69, 9.17) is 0 Å². The van der Waals surface area contributed by atoms with Crippen molar-refractivity contribution in [2.24, 2.45) is 11.8 Å². The Morgan fingerprint density at radius 1 is 1.27 bits per heavy atom. The van der Waals surface area contributed by atoms with Crippen molar-refractivity contribution >= 4 is 15.9 Å². The van der Waals surface area contributed by atoms with Gasteiger partial charge in [0.2, 0.25) is 0 Å². The predicted octanol–water partition coefficient (Wildman–Crippen LogP) is 0.835. The van der Waals surface area contributed by atoms with E-state index in [-0.39, 0.29) is 12.2 Å². The number of nitrogens with zero attached hydrogens (tertiary/aromatic N) is 1. The van der Waals surface area contributed by atoms with Crippen molar-refractivity contribution in [1.29, 1.82) is 0 Å². The normalized spacial score (nSPS) is 39.0. The fourth-order valence-corrected chi connectivity index (χ4v) is 3.20. The van der Waals surface area contributed by atoms with Gasteiger partial charge in [-0.05, 0) is 31.1 Å². The minimum Gasteiger partial charge on any atom is -0.393 e. The van der Waals surface area contributed by atoms with E-state index in [0.717, 1.165) is 44.8 Å². The maximum atomic E-state index is 9.60. The maximum absolute atomic E-state index is 9.60. The first kappa shape index (κ1) is 11.8. The summed E-state index contributed by atoms with van der Waals surface area (Å²) in [6.07, 6.45) is 2.76. The summed E-state index contributed by atoms with van der Waals surface area (Å²) in [5.41, 5.74) is 0. The van der Waals surface area contributed by atoms with Crippen LogP contribution in [-0.4, -0.2) is 52.3 Å². The van der Waals surface area contributed by atoms with Gasteiger partial charge in [0.1, 0.15) is 0 Å². The predicted molar refractivity (Wildman–Crippen MR) is 63.1 cm³/mol. The van der Waals surface area contributed by atoms with Gasteiger partial charge in [-0.25, -0.2) is 0 Å². The molecule has 4 atom stereocenters. The number of hydrogen-bond acceptors (Lipinski definition) is 3. The highest BCUT2D eigenvalue weighted by Crippen LogP contribution is 2.36. The number of rotatable bonds is 3. The Bertz CT molecular complexity index is 215. The standard InChI is InChI=1S/C11H20BrNO2/c12-4-11(15)7-13-5-8-1-2-10(14)3-9(8)6-13/h8-11,14-15H,1-7H2. The van der Waals surface area contributed by atoms with E-state index in [1.807, 2.05) is 0 Å². The molecular weight excluding hydrogens is 258 g/mol. The summed E-state index contributed by atoms with van der Waals surface area (Å²) in [6.45, 7) is 2.95. The number of fused-ring (bicyclic) bond motifs is 1. The average molecular weight is 278 g/mol. The summed E-state index contributed by atoms with van der Waals surface area (Å²) in [5, 5.41) is 19.8. The molecule has 0 bridgehead atoms. The van der Waals surface area contributed by atoms with Crippen molar-refractivity contribution in [3.8, 4) is 0 Å². The SMILES string of the molecule is OC1CCC2CN(CC(O)CBr)CC2C1. The van der Waals surface area contributed by atoms with Gasteiger partial charge >= 0.3 is 0 Å². The van der Waals surface area contributed by atoms with Crippen molar-refractivity contribution in [1.82, 2.24) is 4.90 Å². The van der Waals surface area contributed by atoms with Gasteiger partial charge in [-0.2, -0.15) is 0 Å². The Morgan fingerprint density at radius 3 is 2.73 bits per heavy atom. The molecule has 0 spiro atoms. The molecular formula is C11H20BrNO2. The molecule has 88 valence electrons. The van der Waals surface area contributed by atoms with E-state index in [2.05, 4.69) is 20.8 Å². The third-order valence-electron chi connectivity index (χ3n) is 3.74. The van der Waals surface area contributed by atoms with Gasteiger partial charge in [0.05, 0.1) is 12.2 Å². The van der Waals surface area contributed by atoms with Gasteiger partial charge in [0, 0.05) is 25.0 Å². The fraction of sp³-hybridized carbons (Fsp3) is 1.00. The summed E-state index contributed by atoms with van der Waals surface area (Å²) in [5.74, 6) is 1.42. The zero-order valence-electron chi connectivity index (χ0n) is 8.98. The number of β-amino-alcohol motifs (C(OH)–C–C–N with tert-alkyl or cyclic N) is 1. The van der Waals surface area contributed by atoms with Crippen molar-refractivity contribution < 1.29 is 10.2 Å². The van der Waals surface area contributed by atoms with Gasteiger partial charge in [-0.1, -0.05) is 15.9 Å². The molecule has 1 heterocycles. The molecule has 15 heavy (non-hydrogen) atoms. The first-order valence-electron chi connectivity index (χ1n) is 5.83. The molecule has 1 saturated heterocycles. The highest BCUT2D eigenvalue weighted by Gasteiger charge is 2.37. The fourth-order valence-electron chi connectivity index (χ4n) is 3.00.